The fourth-order valence-electron chi connectivity index (χ4n) is 2.82. The number of rotatable bonds is 5. The van der Waals surface area contributed by atoms with Crippen molar-refractivity contribution < 1.29 is 4.21 Å². The summed E-state index contributed by atoms with van der Waals surface area (Å²) in [4.78, 5) is 0. The van der Waals surface area contributed by atoms with Gasteiger partial charge in [0.15, 0.2) is 0 Å². The van der Waals surface area contributed by atoms with Crippen LogP contribution in [0.5, 0.6) is 0 Å². The van der Waals surface area contributed by atoms with Gasteiger partial charge in [0.05, 0.1) is 0 Å². The van der Waals surface area contributed by atoms with Crippen molar-refractivity contribution in [3.63, 3.8) is 0 Å². The highest BCUT2D eigenvalue weighted by Gasteiger charge is 2.29. The Morgan fingerprint density at radius 3 is 2.62 bits per heavy atom. The molecule has 96 valence electrons. The third kappa shape index (κ3) is 4.54. The number of hydrogen-bond donors (Lipinski definition) is 1. The van der Waals surface area contributed by atoms with E-state index in [1.807, 2.05) is 0 Å². The summed E-state index contributed by atoms with van der Waals surface area (Å²) < 4.78 is 11.0. The van der Waals surface area contributed by atoms with E-state index < -0.39 is 10.8 Å². The zero-order chi connectivity index (χ0) is 12.1. The van der Waals surface area contributed by atoms with Crippen LogP contribution in [0, 0.1) is 17.8 Å². The molecule has 0 radical (unpaired) electrons. The lowest BCUT2D eigenvalue weighted by Crippen LogP contribution is -2.44. The van der Waals surface area contributed by atoms with E-state index in [2.05, 4.69) is 26.1 Å². The quantitative estimate of drug-likeness (QED) is 0.806. The van der Waals surface area contributed by atoms with E-state index in [0.717, 1.165) is 30.1 Å². The molecule has 2 nitrogen and oxygen atoms in total. The molecule has 0 saturated heterocycles. The molecular weight excluding hydrogens is 218 g/mol. The molecule has 0 bridgehead atoms. The molecule has 0 amide bonds. The summed E-state index contributed by atoms with van der Waals surface area (Å²) in [6.45, 7) is 7.91. The van der Waals surface area contributed by atoms with Crippen LogP contribution in [0.15, 0.2) is 0 Å². The first-order chi connectivity index (χ1) is 7.50. The normalized spacial score (nSPS) is 32.9. The van der Waals surface area contributed by atoms with Gasteiger partial charge in [-0.3, -0.25) is 4.21 Å². The van der Waals surface area contributed by atoms with Crippen LogP contribution in [0.25, 0.3) is 0 Å². The van der Waals surface area contributed by atoms with Crippen LogP contribution in [-0.2, 0) is 10.8 Å². The van der Waals surface area contributed by atoms with Gasteiger partial charge in [-0.1, -0.05) is 27.2 Å². The van der Waals surface area contributed by atoms with E-state index in [1.165, 1.54) is 19.3 Å². The van der Waals surface area contributed by atoms with Crippen LogP contribution in [0.4, 0.5) is 0 Å². The predicted octanol–water partition coefficient (Wildman–Crippen LogP) is 2.42. The molecule has 0 aliphatic heterocycles. The molecule has 4 atom stereocenters. The van der Waals surface area contributed by atoms with Crippen molar-refractivity contribution in [3.8, 4) is 0 Å². The highest BCUT2D eigenvalue weighted by molar-refractivity contribution is 7.84. The Kier molecular flexibility index (Phi) is 5.98. The molecule has 0 aromatic rings. The maximum Gasteiger partial charge on any atom is 0.0357 e. The highest BCUT2D eigenvalue weighted by atomic mass is 32.2. The maximum absolute atomic E-state index is 11.0. The van der Waals surface area contributed by atoms with E-state index in [1.54, 1.807) is 6.26 Å². The Balaban J connectivity index is 2.41. The standard InChI is InChI=1S/C13H27NOS/c1-10(2)12-6-5-11(3)9-13(12)14-7-8-16(4)15/h10-14H,5-9H2,1-4H3. The van der Waals surface area contributed by atoms with Crippen molar-refractivity contribution in [2.45, 2.75) is 46.1 Å². The molecule has 16 heavy (non-hydrogen) atoms. The number of hydrogen-bond acceptors (Lipinski definition) is 2. The summed E-state index contributed by atoms with van der Waals surface area (Å²) in [6.07, 6.45) is 5.80. The monoisotopic (exact) mass is 245 g/mol. The summed E-state index contributed by atoms with van der Waals surface area (Å²) in [6, 6.07) is 0.646. The van der Waals surface area contributed by atoms with Crippen molar-refractivity contribution >= 4 is 10.8 Å². The molecule has 0 aromatic carbocycles. The summed E-state index contributed by atoms with van der Waals surface area (Å²) in [5.74, 6) is 3.20. The maximum atomic E-state index is 11.0. The van der Waals surface area contributed by atoms with E-state index in [9.17, 15) is 4.21 Å². The van der Waals surface area contributed by atoms with E-state index in [0.29, 0.717) is 6.04 Å². The van der Waals surface area contributed by atoms with Crippen LogP contribution in [0.2, 0.25) is 0 Å². The fourth-order valence-corrected chi connectivity index (χ4v) is 3.23. The van der Waals surface area contributed by atoms with Crippen molar-refractivity contribution in [2.24, 2.45) is 17.8 Å². The predicted molar refractivity (Wildman–Crippen MR) is 72.1 cm³/mol. The molecule has 1 saturated carbocycles. The van der Waals surface area contributed by atoms with Crippen molar-refractivity contribution in [1.82, 2.24) is 5.32 Å². The van der Waals surface area contributed by atoms with Crippen LogP contribution < -0.4 is 5.32 Å². The van der Waals surface area contributed by atoms with Gasteiger partial charge in [0.2, 0.25) is 0 Å². The Labute approximate surface area is 103 Å². The molecule has 3 heteroatoms. The molecule has 1 rings (SSSR count). The average Bonchev–Trinajstić information content (AvgIpc) is 2.16. The highest BCUT2D eigenvalue weighted by Crippen LogP contribution is 2.33. The minimum atomic E-state index is -0.663. The van der Waals surface area contributed by atoms with Crippen LogP contribution >= 0.6 is 0 Å². The average molecular weight is 245 g/mol. The summed E-state index contributed by atoms with van der Waals surface area (Å²) in [5.41, 5.74) is 0. The Hall–Kier alpha value is 0.110. The molecule has 1 N–H and O–H groups in total. The fraction of sp³-hybridized carbons (Fsp3) is 1.00. The number of nitrogens with one attached hydrogen (secondary N) is 1. The molecule has 1 aliphatic rings. The van der Waals surface area contributed by atoms with Gasteiger partial charge in [-0.2, -0.15) is 0 Å². The van der Waals surface area contributed by atoms with Gasteiger partial charge >= 0.3 is 0 Å². The van der Waals surface area contributed by atoms with Gasteiger partial charge in [-0.15, -0.1) is 0 Å². The lowest BCUT2D eigenvalue weighted by atomic mass is 9.74. The minimum absolute atomic E-state index is 0.646. The van der Waals surface area contributed by atoms with Crippen LogP contribution in [-0.4, -0.2) is 28.8 Å². The van der Waals surface area contributed by atoms with Crippen molar-refractivity contribution in [1.29, 1.82) is 0 Å². The lowest BCUT2D eigenvalue weighted by molar-refractivity contribution is 0.172. The second-order valence-electron chi connectivity index (χ2n) is 5.66. The van der Waals surface area contributed by atoms with E-state index in [4.69, 9.17) is 0 Å². The Bertz CT molecular complexity index is 230. The van der Waals surface area contributed by atoms with Gasteiger partial charge < -0.3 is 5.32 Å². The van der Waals surface area contributed by atoms with Crippen LogP contribution in [0.1, 0.15) is 40.0 Å². The SMILES string of the molecule is CC1CCC(C(C)C)C(NCCS(C)=O)C1. The Morgan fingerprint density at radius 1 is 1.38 bits per heavy atom. The summed E-state index contributed by atoms with van der Waals surface area (Å²) >= 11 is 0. The van der Waals surface area contributed by atoms with E-state index in [-0.39, 0.29) is 0 Å². The Morgan fingerprint density at radius 2 is 2.06 bits per heavy atom. The van der Waals surface area contributed by atoms with Gasteiger partial charge in [-0.05, 0) is 30.6 Å². The van der Waals surface area contributed by atoms with Gasteiger partial charge in [0.25, 0.3) is 0 Å². The van der Waals surface area contributed by atoms with Gasteiger partial charge in [-0.25, -0.2) is 0 Å². The lowest BCUT2D eigenvalue weighted by Gasteiger charge is -2.38. The molecule has 0 spiro atoms. The second-order valence-corrected chi connectivity index (χ2v) is 7.22. The van der Waals surface area contributed by atoms with Gasteiger partial charge in [0.1, 0.15) is 0 Å². The molecular formula is C13H27NOS. The topological polar surface area (TPSA) is 29.1 Å². The smallest absolute Gasteiger partial charge is 0.0357 e. The second kappa shape index (κ2) is 6.75. The summed E-state index contributed by atoms with van der Waals surface area (Å²) in [7, 11) is -0.663. The molecule has 0 heterocycles. The third-order valence-electron chi connectivity index (χ3n) is 3.82. The first-order valence-corrected chi connectivity index (χ1v) is 8.26. The van der Waals surface area contributed by atoms with Crippen molar-refractivity contribution in [3.05, 3.63) is 0 Å². The van der Waals surface area contributed by atoms with E-state index >= 15 is 0 Å². The van der Waals surface area contributed by atoms with Gasteiger partial charge in [0, 0.05) is 35.4 Å². The first-order valence-electron chi connectivity index (χ1n) is 6.54. The largest absolute Gasteiger partial charge is 0.313 e. The molecule has 4 unspecified atom stereocenters. The molecule has 1 aliphatic carbocycles. The third-order valence-corrected chi connectivity index (χ3v) is 4.60. The first kappa shape index (κ1) is 14.2. The van der Waals surface area contributed by atoms with Crippen molar-refractivity contribution in [2.75, 3.05) is 18.6 Å². The zero-order valence-corrected chi connectivity index (χ0v) is 12.0. The molecule has 1 fully saturated rings. The zero-order valence-electron chi connectivity index (χ0n) is 11.2. The minimum Gasteiger partial charge on any atom is -0.313 e. The summed E-state index contributed by atoms with van der Waals surface area (Å²) in [5, 5.41) is 3.62. The molecule has 0 aromatic heterocycles. The van der Waals surface area contributed by atoms with Crippen LogP contribution in [0.3, 0.4) is 0 Å².